The van der Waals surface area contributed by atoms with E-state index >= 15 is 0 Å². The highest BCUT2D eigenvalue weighted by Gasteiger charge is 2.28. The van der Waals surface area contributed by atoms with Crippen molar-refractivity contribution in [3.8, 4) is 11.5 Å². The van der Waals surface area contributed by atoms with Gasteiger partial charge in [0.05, 0.1) is 31.5 Å². The molecule has 5 rings (SSSR count). The maximum atomic E-state index is 13.7. The molecule has 0 saturated heterocycles. The van der Waals surface area contributed by atoms with Gasteiger partial charge in [0.15, 0.2) is 17.3 Å². The molecule has 4 N–H and O–H groups in total. The summed E-state index contributed by atoms with van der Waals surface area (Å²) < 4.78 is 11.2. The van der Waals surface area contributed by atoms with Gasteiger partial charge in [-0.3, -0.25) is 9.78 Å². The molecule has 216 valence electrons. The van der Waals surface area contributed by atoms with E-state index in [1.54, 1.807) is 18.3 Å². The quantitative estimate of drug-likeness (QED) is 0.226. The molecule has 0 radical (unpaired) electrons. The van der Waals surface area contributed by atoms with Crippen LogP contribution in [-0.4, -0.2) is 60.5 Å². The lowest BCUT2D eigenvalue weighted by Gasteiger charge is -2.36. The average Bonchev–Trinajstić information content (AvgIpc) is 3.00. The van der Waals surface area contributed by atoms with Crippen molar-refractivity contribution in [2.45, 2.75) is 18.9 Å². The largest absolute Gasteiger partial charge is 0.493 e. The number of nitrogens with two attached hydrogens (primary N) is 2. The number of methoxy groups -OCH3 is 2. The van der Waals surface area contributed by atoms with Gasteiger partial charge in [-0.1, -0.05) is 24.3 Å². The van der Waals surface area contributed by atoms with Gasteiger partial charge in [-0.25, -0.2) is 4.98 Å². The molecule has 4 aromatic rings. The van der Waals surface area contributed by atoms with Crippen LogP contribution in [0.5, 0.6) is 11.5 Å². The lowest BCUT2D eigenvalue weighted by molar-refractivity contribution is 0.104. The summed E-state index contributed by atoms with van der Waals surface area (Å²) in [4.78, 5) is 30.8. The number of fused-ring (bicyclic) bond motifs is 1. The Labute approximate surface area is 245 Å². The first-order valence-corrected chi connectivity index (χ1v) is 13.6. The molecule has 1 unspecified atom stereocenters. The Hall–Kier alpha value is -5.12. The van der Waals surface area contributed by atoms with Crippen LogP contribution in [0, 0.1) is 0 Å². The summed E-state index contributed by atoms with van der Waals surface area (Å²) in [6.45, 7) is 0.732. The molecule has 1 atom stereocenters. The SMILES string of the molecule is COc1cc(Cc2cnc(N)nc2N)cc(C(=O)C=CN2CCc3ccccc3C2c2cc(N(C)C)ccn2)c1OC. The molecule has 0 aliphatic carbocycles. The van der Waals surface area contributed by atoms with Crippen molar-refractivity contribution in [1.29, 1.82) is 0 Å². The number of nitrogens with zero attached hydrogens (tertiary/aromatic N) is 5. The molecular weight excluding hydrogens is 530 g/mol. The van der Waals surface area contributed by atoms with Crippen LogP contribution in [0.25, 0.3) is 0 Å². The first-order valence-electron chi connectivity index (χ1n) is 13.6. The lowest BCUT2D eigenvalue weighted by Crippen LogP contribution is -2.33. The Balaban J connectivity index is 1.50. The zero-order valence-corrected chi connectivity index (χ0v) is 24.2. The number of rotatable bonds is 9. The molecule has 0 fully saturated rings. The maximum Gasteiger partial charge on any atom is 0.221 e. The molecule has 10 nitrogen and oxygen atoms in total. The summed E-state index contributed by atoms with van der Waals surface area (Å²) in [7, 11) is 7.07. The van der Waals surface area contributed by atoms with Crippen LogP contribution in [0.15, 0.2) is 73.2 Å². The summed E-state index contributed by atoms with van der Waals surface area (Å²) in [5.74, 6) is 0.968. The molecule has 0 saturated carbocycles. The van der Waals surface area contributed by atoms with Gasteiger partial charge >= 0.3 is 0 Å². The summed E-state index contributed by atoms with van der Waals surface area (Å²) in [6, 6.07) is 15.9. The Bertz CT molecular complexity index is 1640. The van der Waals surface area contributed by atoms with Gasteiger partial charge in [-0.15, -0.1) is 0 Å². The number of carbonyl (C=O) groups is 1. The predicted molar refractivity (Wildman–Crippen MR) is 164 cm³/mol. The molecule has 2 aromatic carbocycles. The van der Waals surface area contributed by atoms with E-state index in [9.17, 15) is 4.79 Å². The smallest absolute Gasteiger partial charge is 0.221 e. The molecule has 3 heterocycles. The summed E-state index contributed by atoms with van der Waals surface area (Å²) >= 11 is 0. The second-order valence-corrected chi connectivity index (χ2v) is 10.3. The predicted octanol–water partition coefficient (Wildman–Crippen LogP) is 4.05. The van der Waals surface area contributed by atoms with Crippen LogP contribution in [0.2, 0.25) is 0 Å². The first kappa shape index (κ1) is 28.4. The normalized spacial score (nSPS) is 14.5. The van der Waals surface area contributed by atoms with E-state index in [1.165, 1.54) is 25.3 Å². The Morgan fingerprint density at radius 1 is 1.10 bits per heavy atom. The second kappa shape index (κ2) is 12.2. The monoisotopic (exact) mass is 565 g/mol. The van der Waals surface area contributed by atoms with Gasteiger partial charge in [0.25, 0.3) is 0 Å². The fraction of sp³-hybridized carbons (Fsp3) is 0.250. The van der Waals surface area contributed by atoms with Crippen LogP contribution in [0.3, 0.4) is 0 Å². The lowest BCUT2D eigenvalue weighted by atomic mass is 9.90. The third-order valence-electron chi connectivity index (χ3n) is 7.41. The van der Waals surface area contributed by atoms with Crippen LogP contribution >= 0.6 is 0 Å². The van der Waals surface area contributed by atoms with Crippen molar-refractivity contribution < 1.29 is 14.3 Å². The fourth-order valence-electron chi connectivity index (χ4n) is 5.29. The highest BCUT2D eigenvalue weighted by molar-refractivity contribution is 6.07. The van der Waals surface area contributed by atoms with E-state index < -0.39 is 0 Å². The molecular formula is C32H35N7O3. The van der Waals surface area contributed by atoms with E-state index in [4.69, 9.17) is 25.9 Å². The number of ketones is 1. The van der Waals surface area contributed by atoms with Crippen LogP contribution in [-0.2, 0) is 12.8 Å². The van der Waals surface area contributed by atoms with E-state index in [1.807, 2.05) is 44.7 Å². The molecule has 0 amide bonds. The van der Waals surface area contributed by atoms with Crippen LogP contribution < -0.4 is 25.8 Å². The maximum absolute atomic E-state index is 13.7. The number of carbonyl (C=O) groups excluding carboxylic acids is 1. The third-order valence-corrected chi connectivity index (χ3v) is 7.41. The van der Waals surface area contributed by atoms with Crippen molar-refractivity contribution in [1.82, 2.24) is 19.9 Å². The van der Waals surface area contributed by atoms with Gasteiger partial charge in [0, 0.05) is 63.0 Å². The molecule has 0 bridgehead atoms. The highest BCUT2D eigenvalue weighted by atomic mass is 16.5. The second-order valence-electron chi connectivity index (χ2n) is 10.3. The van der Waals surface area contributed by atoms with Crippen molar-refractivity contribution >= 4 is 23.2 Å². The zero-order chi connectivity index (χ0) is 29.8. The summed E-state index contributed by atoms with van der Waals surface area (Å²) in [5.41, 5.74) is 18.0. The Kier molecular flexibility index (Phi) is 8.24. The number of allylic oxidation sites excluding steroid dienone is 1. The number of anilines is 3. The Morgan fingerprint density at radius 2 is 1.90 bits per heavy atom. The van der Waals surface area contributed by atoms with Gasteiger partial charge in [-0.05, 0) is 47.4 Å². The topological polar surface area (TPSA) is 133 Å². The van der Waals surface area contributed by atoms with Gasteiger partial charge in [0.2, 0.25) is 5.95 Å². The average molecular weight is 566 g/mol. The fourth-order valence-corrected chi connectivity index (χ4v) is 5.29. The van der Waals surface area contributed by atoms with Gasteiger partial charge < -0.3 is 30.7 Å². The van der Waals surface area contributed by atoms with E-state index in [0.717, 1.165) is 29.9 Å². The Morgan fingerprint density at radius 3 is 2.64 bits per heavy atom. The highest BCUT2D eigenvalue weighted by Crippen LogP contribution is 2.37. The number of hydrogen-bond donors (Lipinski definition) is 2. The molecule has 1 aliphatic heterocycles. The van der Waals surface area contributed by atoms with Gasteiger partial charge in [0.1, 0.15) is 5.82 Å². The summed E-state index contributed by atoms with van der Waals surface area (Å²) in [5, 5.41) is 0. The molecule has 10 heteroatoms. The first-order chi connectivity index (χ1) is 20.3. The third kappa shape index (κ3) is 5.83. The number of aromatic nitrogens is 3. The van der Waals surface area contributed by atoms with Gasteiger partial charge in [-0.2, -0.15) is 4.98 Å². The number of benzene rings is 2. The number of nitrogen functional groups attached to an aromatic ring is 2. The van der Waals surface area contributed by atoms with E-state index in [-0.39, 0.29) is 23.6 Å². The number of pyridine rings is 1. The molecule has 42 heavy (non-hydrogen) atoms. The van der Waals surface area contributed by atoms with Crippen molar-refractivity contribution in [3.05, 3.63) is 107 Å². The van der Waals surface area contributed by atoms with E-state index in [2.05, 4.69) is 44.0 Å². The molecule has 2 aromatic heterocycles. The van der Waals surface area contributed by atoms with Crippen LogP contribution in [0.4, 0.5) is 17.5 Å². The summed E-state index contributed by atoms with van der Waals surface area (Å²) in [6.07, 6.45) is 8.10. The molecule has 0 spiro atoms. The van der Waals surface area contributed by atoms with E-state index in [0.29, 0.717) is 29.0 Å². The number of ether oxygens (including phenoxy) is 2. The number of hydrogen-bond acceptors (Lipinski definition) is 10. The minimum absolute atomic E-state index is 0.104. The zero-order valence-electron chi connectivity index (χ0n) is 24.2. The standard InChI is InChI=1S/C32H35N7O3/c1-38(2)23-9-12-35-26(18-23)29-24-8-6-5-7-21(24)10-13-39(29)14-11-27(40)25-16-20(17-28(41-3)30(25)42-4)15-22-19-36-32(34)37-31(22)33/h5-9,11-12,14,16-19,29H,10,13,15H2,1-4H3,(H4,33,34,36,37). The van der Waals surface area contributed by atoms with Crippen molar-refractivity contribution in [2.75, 3.05) is 51.2 Å². The molecule has 1 aliphatic rings. The van der Waals surface area contributed by atoms with Crippen molar-refractivity contribution in [2.24, 2.45) is 0 Å². The van der Waals surface area contributed by atoms with Crippen molar-refractivity contribution in [3.63, 3.8) is 0 Å². The minimum atomic E-state index is -0.221. The minimum Gasteiger partial charge on any atom is -0.493 e. The van der Waals surface area contributed by atoms with Crippen LogP contribution in [0.1, 0.15) is 44.3 Å².